The first-order valence-corrected chi connectivity index (χ1v) is 10.3. The lowest BCUT2D eigenvalue weighted by molar-refractivity contribution is 0.600. The lowest BCUT2D eigenvalue weighted by atomic mass is 10.3. The summed E-state index contributed by atoms with van der Waals surface area (Å²) in [6.45, 7) is 3.88. The number of rotatable bonds is 4. The van der Waals surface area contributed by atoms with Crippen LogP contribution in [0.15, 0.2) is 56.6 Å². The molecule has 8 heteroatoms. The topological polar surface area (TPSA) is 68.2 Å². The second-order valence-electron chi connectivity index (χ2n) is 5.55. The summed E-state index contributed by atoms with van der Waals surface area (Å²) in [7, 11) is -3.71. The van der Waals surface area contributed by atoms with E-state index in [9.17, 15) is 13.2 Å². The van der Waals surface area contributed by atoms with Gasteiger partial charge in [0.1, 0.15) is 4.90 Å². The Bertz CT molecular complexity index is 1070. The summed E-state index contributed by atoms with van der Waals surface area (Å²) in [6, 6.07) is 11.8. The lowest BCUT2D eigenvalue weighted by Crippen LogP contribution is -2.15. The van der Waals surface area contributed by atoms with Gasteiger partial charge in [0.15, 0.2) is 0 Å². The second kappa shape index (κ2) is 6.34. The third-order valence-electron chi connectivity index (χ3n) is 3.51. The first-order chi connectivity index (χ1) is 11.3. The van der Waals surface area contributed by atoms with Gasteiger partial charge in [-0.2, -0.15) is 0 Å². The molecule has 2 aromatic carbocycles. The SMILES string of the molecule is CC(C)n1c(=O)sc2cc(NS(=O)(=O)c3ccccc3Br)ccc21. The third kappa shape index (κ3) is 3.13. The summed E-state index contributed by atoms with van der Waals surface area (Å²) in [4.78, 5) is 12.2. The number of sulfonamides is 1. The molecule has 0 aliphatic rings. The van der Waals surface area contributed by atoms with Crippen LogP contribution in [0.5, 0.6) is 0 Å². The quantitative estimate of drug-likeness (QED) is 0.679. The Morgan fingerprint density at radius 2 is 1.88 bits per heavy atom. The molecule has 126 valence electrons. The van der Waals surface area contributed by atoms with Gasteiger partial charge >= 0.3 is 4.87 Å². The summed E-state index contributed by atoms with van der Waals surface area (Å²) in [5.41, 5.74) is 1.24. The van der Waals surface area contributed by atoms with Gasteiger partial charge in [-0.15, -0.1) is 0 Å². The van der Waals surface area contributed by atoms with E-state index in [1.807, 2.05) is 13.8 Å². The minimum atomic E-state index is -3.71. The molecule has 0 aliphatic carbocycles. The molecule has 1 N–H and O–H groups in total. The molecule has 3 aromatic rings. The van der Waals surface area contributed by atoms with E-state index >= 15 is 0 Å². The van der Waals surface area contributed by atoms with Crippen molar-refractivity contribution in [3.05, 3.63) is 56.6 Å². The monoisotopic (exact) mass is 426 g/mol. The van der Waals surface area contributed by atoms with Gasteiger partial charge in [0, 0.05) is 10.5 Å². The fraction of sp³-hybridized carbons (Fsp3) is 0.188. The molecule has 5 nitrogen and oxygen atoms in total. The molecule has 0 fully saturated rings. The Labute approximate surface area is 152 Å². The van der Waals surface area contributed by atoms with Crippen LogP contribution < -0.4 is 9.60 Å². The Hall–Kier alpha value is -1.64. The third-order valence-corrected chi connectivity index (χ3v) is 6.82. The number of aromatic nitrogens is 1. The maximum atomic E-state index is 12.5. The number of hydrogen-bond donors (Lipinski definition) is 1. The number of fused-ring (bicyclic) bond motifs is 1. The largest absolute Gasteiger partial charge is 0.308 e. The lowest BCUT2D eigenvalue weighted by Gasteiger charge is -2.10. The molecule has 0 saturated carbocycles. The summed E-state index contributed by atoms with van der Waals surface area (Å²) in [5.74, 6) is 0. The summed E-state index contributed by atoms with van der Waals surface area (Å²) < 4.78 is 30.6. The summed E-state index contributed by atoms with van der Waals surface area (Å²) >= 11 is 4.36. The molecule has 0 saturated heterocycles. The predicted octanol–water partition coefficient (Wildman–Crippen LogP) is 4.21. The standard InChI is InChI=1S/C16H15BrN2O3S2/c1-10(2)19-13-8-7-11(9-14(13)23-16(19)20)18-24(21,22)15-6-4-3-5-12(15)17/h3-10,18H,1-2H3. The maximum absolute atomic E-state index is 12.5. The van der Waals surface area contributed by atoms with Crippen molar-refractivity contribution in [3.63, 3.8) is 0 Å². The van der Waals surface area contributed by atoms with Crippen LogP contribution in [-0.4, -0.2) is 13.0 Å². The highest BCUT2D eigenvalue weighted by Crippen LogP contribution is 2.27. The van der Waals surface area contributed by atoms with Gasteiger partial charge in [0.2, 0.25) is 0 Å². The highest BCUT2D eigenvalue weighted by atomic mass is 79.9. The van der Waals surface area contributed by atoms with E-state index in [2.05, 4.69) is 20.7 Å². The van der Waals surface area contributed by atoms with Crippen molar-refractivity contribution in [1.82, 2.24) is 4.57 Å². The van der Waals surface area contributed by atoms with Crippen LogP contribution in [0.3, 0.4) is 0 Å². The van der Waals surface area contributed by atoms with Crippen molar-refractivity contribution in [1.29, 1.82) is 0 Å². The molecule has 1 aromatic heterocycles. The van der Waals surface area contributed by atoms with Crippen LogP contribution in [0.25, 0.3) is 10.2 Å². The first kappa shape index (κ1) is 17.2. The number of thiazole rings is 1. The van der Waals surface area contributed by atoms with E-state index < -0.39 is 10.0 Å². The molecule has 0 spiro atoms. The number of hydrogen-bond acceptors (Lipinski definition) is 4. The molecule has 3 rings (SSSR count). The maximum Gasteiger partial charge on any atom is 0.308 e. The van der Waals surface area contributed by atoms with Crippen molar-refractivity contribution < 1.29 is 8.42 Å². The van der Waals surface area contributed by atoms with Gasteiger partial charge in [0.25, 0.3) is 10.0 Å². The molecule has 0 radical (unpaired) electrons. The molecule has 0 bridgehead atoms. The molecule has 0 amide bonds. The van der Waals surface area contributed by atoms with Gasteiger partial charge in [-0.25, -0.2) is 8.42 Å². The molecule has 24 heavy (non-hydrogen) atoms. The number of nitrogens with zero attached hydrogens (tertiary/aromatic N) is 1. The van der Waals surface area contributed by atoms with Crippen molar-refractivity contribution in [2.24, 2.45) is 0 Å². The van der Waals surface area contributed by atoms with Crippen molar-refractivity contribution in [3.8, 4) is 0 Å². The van der Waals surface area contributed by atoms with Gasteiger partial charge < -0.3 is 0 Å². The van der Waals surface area contributed by atoms with E-state index in [1.54, 1.807) is 41.0 Å². The van der Waals surface area contributed by atoms with E-state index in [1.165, 1.54) is 6.07 Å². The van der Waals surface area contributed by atoms with E-state index in [0.29, 0.717) is 10.2 Å². The fourth-order valence-corrected chi connectivity index (χ4v) is 5.57. The van der Waals surface area contributed by atoms with Crippen LogP contribution >= 0.6 is 27.3 Å². The number of anilines is 1. The van der Waals surface area contributed by atoms with Gasteiger partial charge in [0.05, 0.1) is 15.9 Å². The van der Waals surface area contributed by atoms with E-state index in [-0.39, 0.29) is 15.8 Å². The highest BCUT2D eigenvalue weighted by Gasteiger charge is 2.18. The number of nitrogens with one attached hydrogen (secondary N) is 1. The highest BCUT2D eigenvalue weighted by molar-refractivity contribution is 9.10. The molecule has 0 atom stereocenters. The molecule has 1 heterocycles. The summed E-state index contributed by atoms with van der Waals surface area (Å²) in [6.07, 6.45) is 0. The van der Waals surface area contributed by atoms with Crippen molar-refractivity contribution >= 4 is 53.2 Å². The van der Waals surface area contributed by atoms with Crippen LogP contribution in [0.2, 0.25) is 0 Å². The molecular weight excluding hydrogens is 412 g/mol. The zero-order chi connectivity index (χ0) is 17.5. The smallest absolute Gasteiger partial charge is 0.296 e. The molecule has 0 aliphatic heterocycles. The van der Waals surface area contributed by atoms with E-state index in [0.717, 1.165) is 21.6 Å². The van der Waals surface area contributed by atoms with Gasteiger partial charge in [-0.3, -0.25) is 14.1 Å². The van der Waals surface area contributed by atoms with Crippen molar-refractivity contribution in [2.75, 3.05) is 4.72 Å². The van der Waals surface area contributed by atoms with E-state index in [4.69, 9.17) is 0 Å². The molecule has 0 unspecified atom stereocenters. The van der Waals surface area contributed by atoms with Gasteiger partial charge in [-0.05, 0) is 60.1 Å². The summed E-state index contributed by atoms with van der Waals surface area (Å²) in [5, 5.41) is 0. The van der Waals surface area contributed by atoms with Crippen LogP contribution in [-0.2, 0) is 10.0 Å². The second-order valence-corrected chi connectivity index (χ2v) is 9.05. The molecular formula is C16H15BrN2O3S2. The Morgan fingerprint density at radius 1 is 1.17 bits per heavy atom. The zero-order valence-electron chi connectivity index (χ0n) is 13.0. The zero-order valence-corrected chi connectivity index (χ0v) is 16.2. The predicted molar refractivity (Wildman–Crippen MR) is 101 cm³/mol. The average Bonchev–Trinajstić information content (AvgIpc) is 2.82. The Kier molecular flexibility index (Phi) is 4.54. The van der Waals surface area contributed by atoms with Crippen LogP contribution in [0.4, 0.5) is 5.69 Å². The number of halogens is 1. The van der Waals surface area contributed by atoms with Gasteiger partial charge in [-0.1, -0.05) is 23.5 Å². The van der Waals surface area contributed by atoms with Crippen molar-refractivity contribution in [2.45, 2.75) is 24.8 Å². The van der Waals surface area contributed by atoms with Crippen LogP contribution in [0, 0.1) is 0 Å². The first-order valence-electron chi connectivity index (χ1n) is 7.22. The minimum absolute atomic E-state index is 0.0501. The normalized spacial score (nSPS) is 12.0. The minimum Gasteiger partial charge on any atom is -0.296 e. The van der Waals surface area contributed by atoms with Crippen LogP contribution in [0.1, 0.15) is 19.9 Å². The average molecular weight is 427 g/mol. The Morgan fingerprint density at radius 3 is 2.54 bits per heavy atom. The fourth-order valence-electron chi connectivity index (χ4n) is 2.46. The Balaban J connectivity index is 2.02. The number of benzene rings is 2.